The van der Waals surface area contributed by atoms with E-state index < -0.39 is 0 Å². The van der Waals surface area contributed by atoms with E-state index in [1.54, 1.807) is 6.07 Å². The molecule has 1 unspecified atom stereocenters. The van der Waals surface area contributed by atoms with Crippen LogP contribution in [0.25, 0.3) is 0 Å². The summed E-state index contributed by atoms with van der Waals surface area (Å²) < 4.78 is 0. The normalized spacial score (nSPS) is 12.4. The van der Waals surface area contributed by atoms with Gasteiger partial charge in [-0.25, -0.2) is 0 Å². The van der Waals surface area contributed by atoms with Crippen LogP contribution in [0, 0.1) is 6.92 Å². The Kier molecular flexibility index (Phi) is 4.87. The van der Waals surface area contributed by atoms with Crippen LogP contribution in [0.5, 0.6) is 0 Å². The molecule has 0 radical (unpaired) electrons. The fourth-order valence-electron chi connectivity index (χ4n) is 2.25. The number of likely N-dealkylation sites (N-methyl/N-ethyl adjacent to an activating group) is 1. The molecule has 0 aliphatic rings. The van der Waals surface area contributed by atoms with Crippen molar-refractivity contribution in [3.8, 4) is 0 Å². The smallest absolute Gasteiger partial charge is 0.0453 e. The first-order valence-electron chi connectivity index (χ1n) is 6.28. The Labute approximate surface area is 124 Å². The fourth-order valence-corrected chi connectivity index (χ4v) is 2.74. The third-order valence-electron chi connectivity index (χ3n) is 3.35. The number of hydrogen-bond donors (Lipinski definition) is 1. The maximum absolute atomic E-state index is 6.25. The number of aryl methyl sites for hydroxylation is 1. The second-order valence-corrected chi connectivity index (χ2v) is 5.48. The van der Waals surface area contributed by atoms with E-state index in [1.165, 1.54) is 11.1 Å². The van der Waals surface area contributed by atoms with E-state index in [0.717, 1.165) is 17.0 Å². The summed E-state index contributed by atoms with van der Waals surface area (Å²) in [6, 6.07) is 14.3. The van der Waals surface area contributed by atoms with Gasteiger partial charge < -0.3 is 5.32 Å². The van der Waals surface area contributed by atoms with Crippen LogP contribution in [0.2, 0.25) is 10.0 Å². The highest BCUT2D eigenvalue weighted by Crippen LogP contribution is 2.27. The highest BCUT2D eigenvalue weighted by atomic mass is 35.5. The summed E-state index contributed by atoms with van der Waals surface area (Å²) >= 11 is 12.2. The van der Waals surface area contributed by atoms with Gasteiger partial charge in [0.05, 0.1) is 0 Å². The minimum Gasteiger partial charge on any atom is -0.313 e. The van der Waals surface area contributed by atoms with Gasteiger partial charge in [0, 0.05) is 16.1 Å². The summed E-state index contributed by atoms with van der Waals surface area (Å²) in [5, 5.41) is 4.75. The number of hydrogen-bond acceptors (Lipinski definition) is 1. The number of rotatable bonds is 4. The standard InChI is InChI=1S/C16H17Cl2N/c1-11-5-3-4-6-14(11)16(19-2)9-12-7-8-13(17)10-15(12)18/h3-8,10,16,19H,9H2,1-2H3. The predicted molar refractivity (Wildman–Crippen MR) is 83.1 cm³/mol. The van der Waals surface area contributed by atoms with Gasteiger partial charge in [-0.2, -0.15) is 0 Å². The molecule has 0 saturated carbocycles. The zero-order valence-corrected chi connectivity index (χ0v) is 12.6. The number of benzene rings is 2. The molecule has 0 spiro atoms. The van der Waals surface area contributed by atoms with Crippen molar-refractivity contribution in [2.45, 2.75) is 19.4 Å². The van der Waals surface area contributed by atoms with E-state index in [0.29, 0.717) is 5.02 Å². The second kappa shape index (κ2) is 6.42. The molecule has 0 fully saturated rings. The largest absolute Gasteiger partial charge is 0.313 e. The van der Waals surface area contributed by atoms with Gasteiger partial charge in [0.25, 0.3) is 0 Å². The van der Waals surface area contributed by atoms with Crippen LogP contribution in [-0.2, 0) is 6.42 Å². The summed E-state index contributed by atoms with van der Waals surface area (Å²) in [6.45, 7) is 2.13. The van der Waals surface area contributed by atoms with Crippen LogP contribution in [0.4, 0.5) is 0 Å². The summed E-state index contributed by atoms with van der Waals surface area (Å²) in [5.41, 5.74) is 3.69. The lowest BCUT2D eigenvalue weighted by Crippen LogP contribution is -2.19. The molecule has 2 aromatic carbocycles. The van der Waals surface area contributed by atoms with Gasteiger partial charge in [0.15, 0.2) is 0 Å². The third-order valence-corrected chi connectivity index (χ3v) is 3.94. The van der Waals surface area contributed by atoms with Gasteiger partial charge in [0.1, 0.15) is 0 Å². The Hall–Kier alpha value is -1.02. The summed E-state index contributed by atoms with van der Waals surface area (Å²) in [5.74, 6) is 0. The van der Waals surface area contributed by atoms with Crippen molar-refractivity contribution in [1.29, 1.82) is 0 Å². The first-order valence-corrected chi connectivity index (χ1v) is 7.04. The van der Waals surface area contributed by atoms with E-state index in [-0.39, 0.29) is 6.04 Å². The van der Waals surface area contributed by atoms with Crippen LogP contribution in [0.3, 0.4) is 0 Å². The van der Waals surface area contributed by atoms with Gasteiger partial charge in [-0.3, -0.25) is 0 Å². The van der Waals surface area contributed by atoms with Crippen molar-refractivity contribution in [3.63, 3.8) is 0 Å². The topological polar surface area (TPSA) is 12.0 Å². The molecular formula is C16H17Cl2N. The lowest BCUT2D eigenvalue weighted by atomic mass is 9.95. The molecule has 0 aliphatic carbocycles. The van der Waals surface area contributed by atoms with Crippen LogP contribution in [0.1, 0.15) is 22.7 Å². The van der Waals surface area contributed by atoms with Crippen LogP contribution in [0.15, 0.2) is 42.5 Å². The lowest BCUT2D eigenvalue weighted by molar-refractivity contribution is 0.589. The predicted octanol–water partition coefficient (Wildman–Crippen LogP) is 4.81. The van der Waals surface area contributed by atoms with E-state index in [1.807, 2.05) is 19.2 Å². The molecule has 1 N–H and O–H groups in total. The van der Waals surface area contributed by atoms with Crippen LogP contribution >= 0.6 is 23.2 Å². The highest BCUT2D eigenvalue weighted by Gasteiger charge is 2.13. The fraction of sp³-hybridized carbons (Fsp3) is 0.250. The highest BCUT2D eigenvalue weighted by molar-refractivity contribution is 6.35. The summed E-state index contributed by atoms with van der Waals surface area (Å²) in [4.78, 5) is 0. The molecule has 100 valence electrons. The Morgan fingerprint density at radius 2 is 1.84 bits per heavy atom. The van der Waals surface area contributed by atoms with Crippen molar-refractivity contribution in [1.82, 2.24) is 5.32 Å². The summed E-state index contributed by atoms with van der Waals surface area (Å²) in [6.07, 6.45) is 0.845. The molecule has 1 nitrogen and oxygen atoms in total. The van der Waals surface area contributed by atoms with Gasteiger partial charge in [-0.1, -0.05) is 53.5 Å². The molecule has 19 heavy (non-hydrogen) atoms. The van der Waals surface area contributed by atoms with Crippen LogP contribution in [-0.4, -0.2) is 7.05 Å². The number of nitrogens with one attached hydrogen (secondary N) is 1. The maximum atomic E-state index is 6.25. The minimum absolute atomic E-state index is 0.250. The first kappa shape index (κ1) is 14.4. The van der Waals surface area contributed by atoms with Gasteiger partial charge in [0.2, 0.25) is 0 Å². The Morgan fingerprint density at radius 3 is 2.47 bits per heavy atom. The monoisotopic (exact) mass is 293 g/mol. The first-order chi connectivity index (χ1) is 9.11. The van der Waals surface area contributed by atoms with Gasteiger partial charge in [-0.05, 0) is 49.2 Å². The number of halogens is 2. The Morgan fingerprint density at radius 1 is 1.11 bits per heavy atom. The lowest BCUT2D eigenvalue weighted by Gasteiger charge is -2.19. The zero-order valence-electron chi connectivity index (χ0n) is 11.1. The van der Waals surface area contributed by atoms with E-state index in [9.17, 15) is 0 Å². The van der Waals surface area contributed by atoms with Crippen molar-refractivity contribution < 1.29 is 0 Å². The molecule has 0 saturated heterocycles. The molecule has 0 aliphatic heterocycles. The van der Waals surface area contributed by atoms with Gasteiger partial charge in [-0.15, -0.1) is 0 Å². The molecule has 0 aromatic heterocycles. The zero-order chi connectivity index (χ0) is 13.8. The van der Waals surface area contributed by atoms with Crippen molar-refractivity contribution in [2.75, 3.05) is 7.05 Å². The van der Waals surface area contributed by atoms with E-state index in [4.69, 9.17) is 23.2 Å². The van der Waals surface area contributed by atoms with Crippen molar-refractivity contribution >= 4 is 23.2 Å². The second-order valence-electron chi connectivity index (χ2n) is 4.64. The molecule has 0 amide bonds. The molecule has 0 bridgehead atoms. The van der Waals surface area contributed by atoms with E-state index in [2.05, 4.69) is 36.5 Å². The molecule has 2 aromatic rings. The van der Waals surface area contributed by atoms with Crippen molar-refractivity contribution in [2.24, 2.45) is 0 Å². The molecule has 0 heterocycles. The molecule has 1 atom stereocenters. The SMILES string of the molecule is CNC(Cc1ccc(Cl)cc1Cl)c1ccccc1C. The Balaban J connectivity index is 2.27. The van der Waals surface area contributed by atoms with Crippen LogP contribution < -0.4 is 5.32 Å². The summed E-state index contributed by atoms with van der Waals surface area (Å²) in [7, 11) is 1.97. The van der Waals surface area contributed by atoms with Crippen molar-refractivity contribution in [3.05, 3.63) is 69.2 Å². The molecule has 2 rings (SSSR count). The minimum atomic E-state index is 0.250. The van der Waals surface area contributed by atoms with Gasteiger partial charge >= 0.3 is 0 Å². The van der Waals surface area contributed by atoms with E-state index >= 15 is 0 Å². The average molecular weight is 294 g/mol. The maximum Gasteiger partial charge on any atom is 0.0453 e. The third kappa shape index (κ3) is 3.50. The average Bonchev–Trinajstić information content (AvgIpc) is 2.39. The molecular weight excluding hydrogens is 277 g/mol. The quantitative estimate of drug-likeness (QED) is 0.853. The molecule has 3 heteroatoms. The Bertz CT molecular complexity index is 566.